The lowest BCUT2D eigenvalue weighted by atomic mass is 10.1. The summed E-state index contributed by atoms with van der Waals surface area (Å²) in [5.41, 5.74) is 7.26. The van der Waals surface area contributed by atoms with Crippen LogP contribution < -0.4 is 20.3 Å². The Morgan fingerprint density at radius 2 is 1.47 bits per heavy atom. The van der Waals surface area contributed by atoms with Gasteiger partial charge in [-0.15, -0.1) is 10.2 Å². The van der Waals surface area contributed by atoms with Gasteiger partial charge in [-0.1, -0.05) is 42.5 Å². The van der Waals surface area contributed by atoms with Crippen molar-refractivity contribution in [2.45, 2.75) is 6.54 Å². The van der Waals surface area contributed by atoms with Crippen LogP contribution in [-0.2, 0) is 6.54 Å². The number of hydrogen-bond donors (Lipinski definition) is 2. The molecule has 1 aromatic heterocycles. The second-order valence-electron chi connectivity index (χ2n) is 7.18. The van der Waals surface area contributed by atoms with Crippen LogP contribution in [-0.4, -0.2) is 46.2 Å². The van der Waals surface area contributed by atoms with Crippen LogP contribution in [0.15, 0.2) is 72.8 Å². The number of carbonyl (C=O) groups excluding carboxylic acids is 2. The molecule has 0 aliphatic heterocycles. The lowest BCUT2D eigenvalue weighted by Crippen LogP contribution is -2.41. The van der Waals surface area contributed by atoms with Crippen LogP contribution in [0.3, 0.4) is 0 Å². The zero-order valence-corrected chi connectivity index (χ0v) is 18.6. The first kappa shape index (κ1) is 22.5. The first-order chi connectivity index (χ1) is 16.6. The van der Waals surface area contributed by atoms with E-state index in [-0.39, 0.29) is 0 Å². The number of methoxy groups -OCH3 is 2. The predicted molar refractivity (Wildman–Crippen MR) is 123 cm³/mol. The largest absolute Gasteiger partial charge is 0.493 e. The van der Waals surface area contributed by atoms with E-state index in [2.05, 4.69) is 26.3 Å². The van der Waals surface area contributed by atoms with Crippen LogP contribution in [0.1, 0.15) is 26.3 Å². The molecule has 34 heavy (non-hydrogen) atoms. The van der Waals surface area contributed by atoms with E-state index in [0.29, 0.717) is 35.0 Å². The Kier molecular flexibility index (Phi) is 6.78. The molecule has 172 valence electrons. The Labute approximate surface area is 195 Å². The average molecular weight is 458 g/mol. The summed E-state index contributed by atoms with van der Waals surface area (Å²) in [5.74, 6) is 0.514. The maximum atomic E-state index is 12.4. The van der Waals surface area contributed by atoms with Crippen LogP contribution in [0, 0.1) is 0 Å². The molecular formula is C24H22N6O4. The molecule has 0 unspecified atom stereocenters. The molecule has 0 saturated heterocycles. The standard InChI is InChI=1S/C24H22N6O4/c1-33-20-13-12-19(14-21(20)34-2)24(32)27-26-23(31)18-10-8-16(9-11-18)15-30-28-22(25-29-30)17-6-4-3-5-7-17/h3-14H,15H2,1-2H3,(H,26,31)(H,27,32). The number of hydrogen-bond acceptors (Lipinski definition) is 7. The summed E-state index contributed by atoms with van der Waals surface area (Å²) in [6, 6.07) is 21.2. The van der Waals surface area contributed by atoms with Crippen molar-refractivity contribution in [2.24, 2.45) is 0 Å². The van der Waals surface area contributed by atoms with E-state index in [0.717, 1.165) is 11.1 Å². The Morgan fingerprint density at radius 1 is 0.824 bits per heavy atom. The van der Waals surface area contributed by atoms with Crippen LogP contribution in [0.5, 0.6) is 11.5 Å². The fourth-order valence-electron chi connectivity index (χ4n) is 3.17. The number of nitrogens with zero attached hydrogens (tertiary/aromatic N) is 4. The van der Waals surface area contributed by atoms with Crippen molar-refractivity contribution in [3.05, 3.63) is 89.5 Å². The van der Waals surface area contributed by atoms with Gasteiger partial charge in [0.2, 0.25) is 5.82 Å². The number of tetrazole rings is 1. The minimum Gasteiger partial charge on any atom is -0.493 e. The smallest absolute Gasteiger partial charge is 0.269 e. The number of ether oxygens (including phenoxy) is 2. The molecule has 1 heterocycles. The van der Waals surface area contributed by atoms with E-state index < -0.39 is 11.8 Å². The zero-order valence-electron chi connectivity index (χ0n) is 18.6. The summed E-state index contributed by atoms with van der Waals surface area (Å²) in [6.07, 6.45) is 0. The van der Waals surface area contributed by atoms with Gasteiger partial charge in [-0.2, -0.15) is 4.80 Å². The van der Waals surface area contributed by atoms with Crippen molar-refractivity contribution in [3.8, 4) is 22.9 Å². The minimum atomic E-state index is -0.489. The van der Waals surface area contributed by atoms with Gasteiger partial charge in [-0.05, 0) is 41.1 Å². The topological polar surface area (TPSA) is 120 Å². The third kappa shape index (κ3) is 5.18. The highest BCUT2D eigenvalue weighted by atomic mass is 16.5. The SMILES string of the molecule is COc1ccc(C(=O)NNC(=O)c2ccc(Cn3nnc(-c4ccccc4)n3)cc2)cc1OC. The summed E-state index contributed by atoms with van der Waals surface area (Å²) in [4.78, 5) is 26.3. The molecular weight excluding hydrogens is 436 g/mol. The molecule has 4 rings (SSSR count). The number of aromatic nitrogens is 4. The summed E-state index contributed by atoms with van der Waals surface area (Å²) in [5, 5.41) is 12.5. The van der Waals surface area contributed by atoms with E-state index >= 15 is 0 Å². The van der Waals surface area contributed by atoms with Gasteiger partial charge >= 0.3 is 0 Å². The van der Waals surface area contributed by atoms with Gasteiger partial charge in [0.05, 0.1) is 20.8 Å². The summed E-state index contributed by atoms with van der Waals surface area (Å²) < 4.78 is 10.3. The number of carbonyl (C=O) groups is 2. The van der Waals surface area contributed by atoms with Crippen molar-refractivity contribution in [1.82, 2.24) is 31.1 Å². The van der Waals surface area contributed by atoms with Crippen LogP contribution in [0.25, 0.3) is 11.4 Å². The van der Waals surface area contributed by atoms with E-state index in [9.17, 15) is 9.59 Å². The first-order valence-corrected chi connectivity index (χ1v) is 10.3. The van der Waals surface area contributed by atoms with Gasteiger partial charge < -0.3 is 9.47 Å². The average Bonchev–Trinajstić information content (AvgIpc) is 3.36. The highest BCUT2D eigenvalue weighted by Gasteiger charge is 2.13. The molecule has 3 aromatic carbocycles. The van der Waals surface area contributed by atoms with Crippen LogP contribution in [0.2, 0.25) is 0 Å². The maximum Gasteiger partial charge on any atom is 0.269 e. The molecule has 0 bridgehead atoms. The molecule has 0 fully saturated rings. The zero-order chi connectivity index (χ0) is 23.9. The Morgan fingerprint density at radius 3 is 2.15 bits per heavy atom. The quantitative estimate of drug-likeness (QED) is 0.408. The first-order valence-electron chi connectivity index (χ1n) is 10.3. The molecule has 0 spiro atoms. The highest BCUT2D eigenvalue weighted by Crippen LogP contribution is 2.27. The highest BCUT2D eigenvalue weighted by molar-refractivity contribution is 5.99. The summed E-state index contributed by atoms with van der Waals surface area (Å²) in [7, 11) is 2.99. The number of hydrazine groups is 1. The van der Waals surface area contributed by atoms with Crippen LogP contribution >= 0.6 is 0 Å². The number of benzene rings is 3. The van der Waals surface area contributed by atoms with Crippen molar-refractivity contribution in [1.29, 1.82) is 0 Å². The molecule has 0 atom stereocenters. The summed E-state index contributed by atoms with van der Waals surface area (Å²) in [6.45, 7) is 0.401. The van der Waals surface area contributed by atoms with E-state index in [1.54, 1.807) is 36.4 Å². The molecule has 10 heteroatoms. The second-order valence-corrected chi connectivity index (χ2v) is 7.18. The van der Waals surface area contributed by atoms with Gasteiger partial charge in [-0.25, -0.2) is 0 Å². The normalized spacial score (nSPS) is 10.4. The van der Waals surface area contributed by atoms with Gasteiger partial charge in [0.25, 0.3) is 11.8 Å². The fraction of sp³-hybridized carbons (Fsp3) is 0.125. The van der Waals surface area contributed by atoms with Crippen molar-refractivity contribution >= 4 is 11.8 Å². The molecule has 0 saturated carbocycles. The maximum absolute atomic E-state index is 12.4. The van der Waals surface area contributed by atoms with Crippen molar-refractivity contribution in [2.75, 3.05) is 14.2 Å². The van der Waals surface area contributed by atoms with E-state index in [1.807, 2.05) is 30.3 Å². The molecule has 0 aliphatic carbocycles. The minimum absolute atomic E-state index is 0.309. The monoisotopic (exact) mass is 458 g/mol. The van der Waals surface area contributed by atoms with E-state index in [4.69, 9.17) is 9.47 Å². The number of amides is 2. The third-order valence-electron chi connectivity index (χ3n) is 4.96. The molecule has 2 amide bonds. The Bertz CT molecular complexity index is 1290. The fourth-order valence-corrected chi connectivity index (χ4v) is 3.17. The van der Waals surface area contributed by atoms with E-state index in [1.165, 1.54) is 25.1 Å². The van der Waals surface area contributed by atoms with Crippen molar-refractivity contribution in [3.63, 3.8) is 0 Å². The Hall–Kier alpha value is -4.73. The van der Waals surface area contributed by atoms with Gasteiger partial charge in [0.1, 0.15) is 0 Å². The molecule has 10 nitrogen and oxygen atoms in total. The number of rotatable bonds is 7. The summed E-state index contributed by atoms with van der Waals surface area (Å²) >= 11 is 0. The third-order valence-corrected chi connectivity index (χ3v) is 4.96. The molecule has 2 N–H and O–H groups in total. The van der Waals surface area contributed by atoms with Gasteiger partial charge in [0, 0.05) is 16.7 Å². The molecule has 0 radical (unpaired) electrons. The lowest BCUT2D eigenvalue weighted by Gasteiger charge is -2.11. The van der Waals surface area contributed by atoms with Gasteiger partial charge in [-0.3, -0.25) is 20.4 Å². The molecule has 0 aliphatic rings. The van der Waals surface area contributed by atoms with Crippen molar-refractivity contribution < 1.29 is 19.1 Å². The Balaban J connectivity index is 1.33. The lowest BCUT2D eigenvalue weighted by molar-refractivity contribution is 0.0846. The predicted octanol–water partition coefficient (Wildman–Crippen LogP) is 2.48. The second kappa shape index (κ2) is 10.3. The van der Waals surface area contributed by atoms with Gasteiger partial charge in [0.15, 0.2) is 11.5 Å². The number of nitrogens with one attached hydrogen (secondary N) is 2. The van der Waals surface area contributed by atoms with Crippen LogP contribution in [0.4, 0.5) is 0 Å². The molecule has 4 aromatic rings.